The van der Waals surface area contributed by atoms with Crippen molar-refractivity contribution < 1.29 is 19.1 Å². The maximum atomic E-state index is 12.6. The van der Waals surface area contributed by atoms with Gasteiger partial charge in [-0.25, -0.2) is 4.79 Å². The van der Waals surface area contributed by atoms with Gasteiger partial charge in [-0.3, -0.25) is 14.5 Å². The maximum absolute atomic E-state index is 12.6. The minimum absolute atomic E-state index is 0.0832. The third-order valence-electron chi connectivity index (χ3n) is 5.00. The molecule has 2 amide bonds. The first-order chi connectivity index (χ1) is 14.5. The van der Waals surface area contributed by atoms with Gasteiger partial charge in [0, 0.05) is 32.7 Å². The maximum Gasteiger partial charge on any atom is 0.337 e. The smallest absolute Gasteiger partial charge is 0.337 e. The Morgan fingerprint density at radius 1 is 1.00 bits per heavy atom. The molecule has 30 heavy (non-hydrogen) atoms. The Balaban J connectivity index is 1.42. The zero-order chi connectivity index (χ0) is 21.5. The third kappa shape index (κ3) is 5.58. The summed E-state index contributed by atoms with van der Waals surface area (Å²) in [6.45, 7) is 2.99. The predicted molar refractivity (Wildman–Crippen MR) is 113 cm³/mol. The molecule has 1 aliphatic rings. The number of halogens is 1. The van der Waals surface area contributed by atoms with Crippen LogP contribution in [-0.4, -0.2) is 67.4 Å². The second kappa shape index (κ2) is 10.2. The van der Waals surface area contributed by atoms with Crippen LogP contribution in [0, 0.1) is 0 Å². The summed E-state index contributed by atoms with van der Waals surface area (Å²) in [5.41, 5.74) is 1.87. The van der Waals surface area contributed by atoms with Crippen molar-refractivity contribution in [2.45, 2.75) is 6.54 Å². The van der Waals surface area contributed by atoms with Crippen molar-refractivity contribution in [2.75, 3.05) is 39.8 Å². The van der Waals surface area contributed by atoms with E-state index in [1.54, 1.807) is 53.4 Å². The van der Waals surface area contributed by atoms with Crippen LogP contribution in [0.1, 0.15) is 26.3 Å². The molecule has 0 spiro atoms. The Hall–Kier alpha value is -2.90. The molecule has 2 aromatic rings. The molecule has 1 heterocycles. The van der Waals surface area contributed by atoms with Gasteiger partial charge in [0.2, 0.25) is 5.91 Å². The summed E-state index contributed by atoms with van der Waals surface area (Å²) in [5, 5.41) is 3.33. The minimum atomic E-state index is -0.391. The van der Waals surface area contributed by atoms with E-state index in [0.29, 0.717) is 48.9 Å². The van der Waals surface area contributed by atoms with E-state index in [4.69, 9.17) is 11.6 Å². The van der Waals surface area contributed by atoms with Crippen molar-refractivity contribution in [3.63, 3.8) is 0 Å². The molecule has 0 aliphatic carbocycles. The zero-order valence-electron chi connectivity index (χ0n) is 16.8. The summed E-state index contributed by atoms with van der Waals surface area (Å²) in [6, 6.07) is 13.9. The quantitative estimate of drug-likeness (QED) is 0.712. The van der Waals surface area contributed by atoms with Crippen LogP contribution < -0.4 is 5.32 Å². The number of hydrogen-bond donors (Lipinski definition) is 1. The molecule has 1 saturated heterocycles. The normalized spacial score (nSPS) is 14.3. The number of nitrogens with zero attached hydrogens (tertiary/aromatic N) is 2. The van der Waals surface area contributed by atoms with Crippen LogP contribution in [0.2, 0.25) is 5.02 Å². The van der Waals surface area contributed by atoms with Gasteiger partial charge in [-0.1, -0.05) is 35.9 Å². The van der Waals surface area contributed by atoms with E-state index in [1.165, 1.54) is 7.11 Å². The second-order valence-corrected chi connectivity index (χ2v) is 7.42. The van der Waals surface area contributed by atoms with Crippen molar-refractivity contribution >= 4 is 29.4 Å². The van der Waals surface area contributed by atoms with Crippen LogP contribution in [0.5, 0.6) is 0 Å². The summed E-state index contributed by atoms with van der Waals surface area (Å²) in [4.78, 5) is 40.1. The van der Waals surface area contributed by atoms with Gasteiger partial charge in [0.1, 0.15) is 0 Å². The Morgan fingerprint density at radius 3 is 2.30 bits per heavy atom. The number of esters is 1. The second-order valence-electron chi connectivity index (χ2n) is 7.01. The van der Waals surface area contributed by atoms with Crippen LogP contribution in [-0.2, 0) is 16.1 Å². The SMILES string of the molecule is COC(=O)c1ccc(CNC(=O)CN2CCN(C(=O)c3ccccc3Cl)CC2)cc1. The monoisotopic (exact) mass is 429 g/mol. The number of nitrogens with one attached hydrogen (secondary N) is 1. The molecule has 3 rings (SSSR count). The highest BCUT2D eigenvalue weighted by atomic mass is 35.5. The summed E-state index contributed by atoms with van der Waals surface area (Å²) in [5.74, 6) is -0.559. The van der Waals surface area contributed by atoms with E-state index in [0.717, 1.165) is 5.56 Å². The summed E-state index contributed by atoms with van der Waals surface area (Å²) >= 11 is 6.12. The van der Waals surface area contributed by atoms with E-state index >= 15 is 0 Å². The first kappa shape index (κ1) is 21.8. The highest BCUT2D eigenvalue weighted by molar-refractivity contribution is 6.33. The Kier molecular flexibility index (Phi) is 7.43. The summed E-state index contributed by atoms with van der Waals surface area (Å²) in [7, 11) is 1.34. The average molecular weight is 430 g/mol. The molecule has 8 heteroatoms. The zero-order valence-corrected chi connectivity index (χ0v) is 17.5. The molecule has 0 radical (unpaired) electrons. The molecule has 1 aliphatic heterocycles. The Labute approximate surface area is 180 Å². The topological polar surface area (TPSA) is 79.0 Å². The minimum Gasteiger partial charge on any atom is -0.465 e. The highest BCUT2D eigenvalue weighted by Gasteiger charge is 2.24. The predicted octanol–water partition coefficient (Wildman–Crippen LogP) is 2.20. The fraction of sp³-hybridized carbons (Fsp3) is 0.318. The Bertz CT molecular complexity index is 909. The van der Waals surface area contributed by atoms with Gasteiger partial charge >= 0.3 is 5.97 Å². The first-order valence-corrected chi connectivity index (χ1v) is 10.1. The lowest BCUT2D eigenvalue weighted by atomic mass is 10.1. The van der Waals surface area contributed by atoms with Gasteiger partial charge in [-0.15, -0.1) is 0 Å². The molecule has 1 N–H and O–H groups in total. The number of benzene rings is 2. The molecule has 2 aromatic carbocycles. The molecule has 0 atom stereocenters. The van der Waals surface area contributed by atoms with Crippen LogP contribution >= 0.6 is 11.6 Å². The molecule has 158 valence electrons. The number of rotatable bonds is 6. The highest BCUT2D eigenvalue weighted by Crippen LogP contribution is 2.18. The van der Waals surface area contributed by atoms with Gasteiger partial charge in [-0.2, -0.15) is 0 Å². The van der Waals surface area contributed by atoms with Crippen LogP contribution in [0.4, 0.5) is 0 Å². The molecule has 1 fully saturated rings. The average Bonchev–Trinajstić information content (AvgIpc) is 2.78. The third-order valence-corrected chi connectivity index (χ3v) is 5.33. The van der Waals surface area contributed by atoms with Crippen molar-refractivity contribution in [3.05, 3.63) is 70.2 Å². The summed E-state index contributed by atoms with van der Waals surface area (Å²) < 4.78 is 4.67. The van der Waals surface area contributed by atoms with Gasteiger partial charge in [0.15, 0.2) is 0 Å². The number of ether oxygens (including phenoxy) is 1. The Morgan fingerprint density at radius 2 is 1.67 bits per heavy atom. The fourth-order valence-electron chi connectivity index (χ4n) is 3.25. The molecular weight excluding hydrogens is 406 g/mol. The molecule has 0 saturated carbocycles. The number of piperazine rings is 1. The standard InChI is InChI=1S/C22H24ClN3O4/c1-30-22(29)17-8-6-16(7-9-17)14-24-20(27)15-25-10-12-26(13-11-25)21(28)18-4-2-3-5-19(18)23/h2-9H,10-15H2,1H3,(H,24,27). The lowest BCUT2D eigenvalue weighted by Crippen LogP contribution is -2.51. The number of amides is 2. The lowest BCUT2D eigenvalue weighted by molar-refractivity contribution is -0.122. The lowest BCUT2D eigenvalue weighted by Gasteiger charge is -2.34. The number of carbonyl (C=O) groups is 3. The van der Waals surface area contributed by atoms with Gasteiger partial charge < -0.3 is 15.0 Å². The van der Waals surface area contributed by atoms with Crippen molar-refractivity contribution in [1.82, 2.24) is 15.1 Å². The van der Waals surface area contributed by atoms with Crippen molar-refractivity contribution in [2.24, 2.45) is 0 Å². The first-order valence-electron chi connectivity index (χ1n) is 9.68. The number of methoxy groups -OCH3 is 1. The van der Waals surface area contributed by atoms with E-state index in [-0.39, 0.29) is 18.4 Å². The van der Waals surface area contributed by atoms with Crippen LogP contribution in [0.3, 0.4) is 0 Å². The van der Waals surface area contributed by atoms with Gasteiger partial charge in [-0.05, 0) is 29.8 Å². The van der Waals surface area contributed by atoms with E-state index in [2.05, 4.69) is 10.1 Å². The van der Waals surface area contributed by atoms with Crippen molar-refractivity contribution in [1.29, 1.82) is 0 Å². The number of carbonyl (C=O) groups excluding carboxylic acids is 3. The van der Waals surface area contributed by atoms with E-state index < -0.39 is 5.97 Å². The molecular formula is C22H24ClN3O4. The molecule has 0 unspecified atom stereocenters. The largest absolute Gasteiger partial charge is 0.465 e. The molecule has 0 bridgehead atoms. The number of hydrogen-bond acceptors (Lipinski definition) is 5. The molecule has 7 nitrogen and oxygen atoms in total. The van der Waals surface area contributed by atoms with E-state index in [9.17, 15) is 14.4 Å². The van der Waals surface area contributed by atoms with Crippen molar-refractivity contribution in [3.8, 4) is 0 Å². The molecule has 0 aromatic heterocycles. The van der Waals surface area contributed by atoms with Crippen LogP contribution in [0.25, 0.3) is 0 Å². The van der Waals surface area contributed by atoms with Gasteiger partial charge in [0.05, 0.1) is 29.8 Å². The summed E-state index contributed by atoms with van der Waals surface area (Å²) in [6.07, 6.45) is 0. The van der Waals surface area contributed by atoms with Gasteiger partial charge in [0.25, 0.3) is 5.91 Å². The fourth-order valence-corrected chi connectivity index (χ4v) is 3.47. The van der Waals surface area contributed by atoms with E-state index in [1.807, 2.05) is 4.90 Å². The van der Waals surface area contributed by atoms with Crippen LogP contribution in [0.15, 0.2) is 48.5 Å².